The third-order valence-electron chi connectivity index (χ3n) is 2.20. The largest absolute Gasteiger partial charge is 0.309 e. The normalized spacial score (nSPS) is 10.7. The highest BCUT2D eigenvalue weighted by Crippen LogP contribution is 2.08. The quantitative estimate of drug-likeness (QED) is 0.582. The summed E-state index contributed by atoms with van der Waals surface area (Å²) in [6.07, 6.45) is 6.09. The second kappa shape index (κ2) is 5.27. The number of hydrogen-bond acceptors (Lipinski definition) is 3. The summed E-state index contributed by atoms with van der Waals surface area (Å²) < 4.78 is 1.94. The van der Waals surface area contributed by atoms with Gasteiger partial charge in [0.25, 0.3) is 0 Å². The highest BCUT2D eigenvalue weighted by Gasteiger charge is 2.03. The SMILES string of the molecule is CCCCCCc1nnc(S)n1C. The third kappa shape index (κ3) is 3.03. The van der Waals surface area contributed by atoms with Crippen LogP contribution in [0.2, 0.25) is 0 Å². The topological polar surface area (TPSA) is 30.7 Å². The molecule has 0 saturated carbocycles. The van der Waals surface area contributed by atoms with Gasteiger partial charge in [-0.3, -0.25) is 0 Å². The van der Waals surface area contributed by atoms with Crippen molar-refractivity contribution >= 4 is 12.6 Å². The zero-order chi connectivity index (χ0) is 9.68. The van der Waals surface area contributed by atoms with Gasteiger partial charge in [0.2, 0.25) is 0 Å². The van der Waals surface area contributed by atoms with Gasteiger partial charge in [0.05, 0.1) is 0 Å². The van der Waals surface area contributed by atoms with Crippen molar-refractivity contribution in [3.8, 4) is 0 Å². The van der Waals surface area contributed by atoms with Crippen LogP contribution in [0.3, 0.4) is 0 Å². The van der Waals surface area contributed by atoms with Crippen molar-refractivity contribution in [3.05, 3.63) is 5.82 Å². The van der Waals surface area contributed by atoms with E-state index in [0.29, 0.717) is 5.16 Å². The fourth-order valence-electron chi connectivity index (χ4n) is 1.28. The highest BCUT2D eigenvalue weighted by atomic mass is 32.1. The first-order valence-corrected chi connectivity index (χ1v) is 5.27. The maximum absolute atomic E-state index is 4.17. The Bertz CT molecular complexity index is 257. The molecule has 0 amide bonds. The Morgan fingerprint density at radius 2 is 2.00 bits per heavy atom. The Balaban J connectivity index is 2.32. The molecule has 1 heterocycles. The van der Waals surface area contributed by atoms with Gasteiger partial charge >= 0.3 is 0 Å². The molecule has 0 N–H and O–H groups in total. The van der Waals surface area contributed by atoms with Gasteiger partial charge < -0.3 is 4.57 Å². The molecule has 0 aliphatic carbocycles. The number of aromatic nitrogens is 3. The summed E-state index contributed by atoms with van der Waals surface area (Å²) in [5.74, 6) is 1.04. The van der Waals surface area contributed by atoms with E-state index in [-0.39, 0.29) is 0 Å². The summed E-state index contributed by atoms with van der Waals surface area (Å²) in [6.45, 7) is 2.22. The minimum absolute atomic E-state index is 0.700. The minimum Gasteiger partial charge on any atom is -0.309 e. The zero-order valence-electron chi connectivity index (χ0n) is 8.32. The van der Waals surface area contributed by atoms with Crippen molar-refractivity contribution in [1.29, 1.82) is 0 Å². The molecule has 74 valence electrons. The van der Waals surface area contributed by atoms with Crippen molar-refractivity contribution in [2.45, 2.75) is 44.2 Å². The molecule has 0 aliphatic heterocycles. The molecule has 0 spiro atoms. The number of unbranched alkanes of at least 4 members (excludes halogenated alkanes) is 3. The smallest absolute Gasteiger partial charge is 0.187 e. The number of rotatable bonds is 5. The average molecular weight is 199 g/mol. The van der Waals surface area contributed by atoms with E-state index in [1.165, 1.54) is 25.7 Å². The molecule has 1 rings (SSSR count). The van der Waals surface area contributed by atoms with Crippen molar-refractivity contribution in [2.24, 2.45) is 7.05 Å². The molecule has 0 unspecified atom stereocenters. The summed E-state index contributed by atoms with van der Waals surface area (Å²) in [5.41, 5.74) is 0. The summed E-state index contributed by atoms with van der Waals surface area (Å²) in [4.78, 5) is 0. The maximum Gasteiger partial charge on any atom is 0.187 e. The van der Waals surface area contributed by atoms with Crippen molar-refractivity contribution in [2.75, 3.05) is 0 Å². The van der Waals surface area contributed by atoms with E-state index < -0.39 is 0 Å². The Morgan fingerprint density at radius 3 is 2.54 bits per heavy atom. The van der Waals surface area contributed by atoms with Gasteiger partial charge in [-0.2, -0.15) is 0 Å². The molecule has 0 aromatic carbocycles. The maximum atomic E-state index is 4.17. The molecule has 13 heavy (non-hydrogen) atoms. The zero-order valence-corrected chi connectivity index (χ0v) is 9.22. The van der Waals surface area contributed by atoms with Crippen LogP contribution in [0, 0.1) is 0 Å². The van der Waals surface area contributed by atoms with Crippen LogP contribution in [0.15, 0.2) is 5.16 Å². The van der Waals surface area contributed by atoms with Crippen LogP contribution < -0.4 is 0 Å². The molecule has 0 radical (unpaired) electrons. The predicted molar refractivity (Wildman–Crippen MR) is 56.1 cm³/mol. The fraction of sp³-hybridized carbons (Fsp3) is 0.778. The van der Waals surface area contributed by atoms with Gasteiger partial charge in [0.15, 0.2) is 5.16 Å². The van der Waals surface area contributed by atoms with Crippen molar-refractivity contribution in [3.63, 3.8) is 0 Å². The Kier molecular flexibility index (Phi) is 4.28. The first-order chi connectivity index (χ1) is 6.25. The van der Waals surface area contributed by atoms with Gasteiger partial charge in [-0.1, -0.05) is 26.2 Å². The van der Waals surface area contributed by atoms with Gasteiger partial charge in [-0.15, -0.1) is 22.8 Å². The molecule has 0 fully saturated rings. The van der Waals surface area contributed by atoms with Crippen molar-refractivity contribution < 1.29 is 0 Å². The van der Waals surface area contributed by atoms with Crippen LogP contribution in [0.1, 0.15) is 38.4 Å². The van der Waals surface area contributed by atoms with Crippen LogP contribution in [-0.4, -0.2) is 14.8 Å². The summed E-state index contributed by atoms with van der Waals surface area (Å²) in [7, 11) is 1.96. The lowest BCUT2D eigenvalue weighted by atomic mass is 10.1. The molecular weight excluding hydrogens is 182 g/mol. The summed E-state index contributed by atoms with van der Waals surface area (Å²) >= 11 is 4.17. The van der Waals surface area contributed by atoms with Crippen LogP contribution in [-0.2, 0) is 13.5 Å². The minimum atomic E-state index is 0.700. The van der Waals surface area contributed by atoms with E-state index in [2.05, 4.69) is 29.7 Å². The van der Waals surface area contributed by atoms with Crippen LogP contribution in [0.4, 0.5) is 0 Å². The third-order valence-corrected chi connectivity index (χ3v) is 2.59. The van der Waals surface area contributed by atoms with Gasteiger partial charge in [-0.05, 0) is 6.42 Å². The Hall–Kier alpha value is -0.510. The second-order valence-electron chi connectivity index (χ2n) is 3.29. The van der Waals surface area contributed by atoms with E-state index >= 15 is 0 Å². The van der Waals surface area contributed by atoms with E-state index in [1.54, 1.807) is 0 Å². The summed E-state index contributed by atoms with van der Waals surface area (Å²) in [5, 5.41) is 8.64. The van der Waals surface area contributed by atoms with Crippen LogP contribution in [0.25, 0.3) is 0 Å². The summed E-state index contributed by atoms with van der Waals surface area (Å²) in [6, 6.07) is 0. The number of thiol groups is 1. The van der Waals surface area contributed by atoms with E-state index in [0.717, 1.165) is 12.2 Å². The first-order valence-electron chi connectivity index (χ1n) is 4.83. The highest BCUT2D eigenvalue weighted by molar-refractivity contribution is 7.80. The standard InChI is InChI=1S/C9H17N3S/c1-3-4-5-6-7-8-10-11-9(13)12(8)2/h3-7H2,1-2H3,(H,11,13). The van der Waals surface area contributed by atoms with Crippen LogP contribution in [0.5, 0.6) is 0 Å². The molecule has 3 nitrogen and oxygen atoms in total. The second-order valence-corrected chi connectivity index (χ2v) is 3.69. The molecule has 0 aliphatic rings. The Labute approximate surface area is 85.0 Å². The molecule has 1 aromatic rings. The molecule has 0 atom stereocenters. The first kappa shape index (κ1) is 10.6. The molecular formula is C9H17N3S. The van der Waals surface area contributed by atoms with Crippen molar-refractivity contribution in [1.82, 2.24) is 14.8 Å². The molecule has 0 saturated heterocycles. The Morgan fingerprint density at radius 1 is 1.23 bits per heavy atom. The average Bonchev–Trinajstić information content (AvgIpc) is 2.43. The van der Waals surface area contributed by atoms with Gasteiger partial charge in [0, 0.05) is 13.5 Å². The lowest BCUT2D eigenvalue weighted by Crippen LogP contribution is -1.98. The monoisotopic (exact) mass is 199 g/mol. The predicted octanol–water partition coefficient (Wildman–Crippen LogP) is 2.23. The number of nitrogens with zero attached hydrogens (tertiary/aromatic N) is 3. The van der Waals surface area contributed by atoms with E-state index in [1.807, 2.05) is 11.6 Å². The molecule has 1 aromatic heterocycles. The van der Waals surface area contributed by atoms with E-state index in [9.17, 15) is 0 Å². The van der Waals surface area contributed by atoms with E-state index in [4.69, 9.17) is 0 Å². The number of aryl methyl sites for hydroxylation is 1. The number of hydrogen-bond donors (Lipinski definition) is 1. The lowest BCUT2D eigenvalue weighted by Gasteiger charge is -2.00. The van der Waals surface area contributed by atoms with Gasteiger partial charge in [-0.25, -0.2) is 0 Å². The lowest BCUT2D eigenvalue weighted by molar-refractivity contribution is 0.631. The van der Waals surface area contributed by atoms with Gasteiger partial charge in [0.1, 0.15) is 5.82 Å². The molecule has 4 heteroatoms. The molecule has 0 bridgehead atoms. The fourth-order valence-corrected chi connectivity index (χ4v) is 1.44. The van der Waals surface area contributed by atoms with Crippen LogP contribution >= 0.6 is 12.6 Å².